The Morgan fingerprint density at radius 3 is 2.28 bits per heavy atom. The van der Waals surface area contributed by atoms with Crippen LogP contribution in [0.1, 0.15) is 64.1 Å². The van der Waals surface area contributed by atoms with Crippen LogP contribution in [0.3, 0.4) is 0 Å². The van der Waals surface area contributed by atoms with Gasteiger partial charge in [-0.15, -0.1) is 15.3 Å². The van der Waals surface area contributed by atoms with Crippen molar-refractivity contribution in [1.29, 1.82) is 5.26 Å². The zero-order chi connectivity index (χ0) is 31.1. The first kappa shape index (κ1) is 29.5. The van der Waals surface area contributed by atoms with E-state index in [4.69, 9.17) is 16.6 Å². The highest BCUT2D eigenvalue weighted by atomic mass is 35.5. The average Bonchev–Trinajstić information content (AvgIpc) is 3.59. The Bertz CT molecular complexity index is 1870. The highest BCUT2D eigenvalue weighted by Gasteiger charge is 2.27. The third-order valence-electron chi connectivity index (χ3n) is 6.58. The average molecular weight is 598 g/mol. The highest BCUT2D eigenvalue weighted by Crippen LogP contribution is 2.36. The molecular formula is C30H32ClN11O. The first-order valence-electron chi connectivity index (χ1n) is 13.6. The van der Waals surface area contributed by atoms with E-state index in [0.717, 1.165) is 16.8 Å². The molecule has 13 heteroatoms. The number of hydrogen-bond donors (Lipinski definition) is 4. The first-order valence-corrected chi connectivity index (χ1v) is 14.0. The Labute approximate surface area is 253 Å². The van der Waals surface area contributed by atoms with Crippen molar-refractivity contribution in [2.75, 3.05) is 10.6 Å². The summed E-state index contributed by atoms with van der Waals surface area (Å²) < 4.78 is 1.56. The van der Waals surface area contributed by atoms with E-state index in [0.29, 0.717) is 44.8 Å². The molecule has 0 radical (unpaired) electrons. The second-order valence-corrected chi connectivity index (χ2v) is 12.7. The van der Waals surface area contributed by atoms with Crippen molar-refractivity contribution < 1.29 is 4.79 Å². The molecule has 0 aliphatic heterocycles. The number of urea groups is 1. The molecule has 4 N–H and O–H groups in total. The van der Waals surface area contributed by atoms with Crippen LogP contribution in [-0.4, -0.2) is 36.0 Å². The van der Waals surface area contributed by atoms with Crippen molar-refractivity contribution in [3.05, 3.63) is 70.0 Å². The summed E-state index contributed by atoms with van der Waals surface area (Å²) in [6.07, 6.45) is 0. The molecule has 0 bridgehead atoms. The van der Waals surface area contributed by atoms with Crippen LogP contribution < -0.4 is 10.6 Å². The number of nitriles is 1. The number of aromatic nitrogens is 6. The van der Waals surface area contributed by atoms with Gasteiger partial charge < -0.3 is 10.6 Å². The van der Waals surface area contributed by atoms with Crippen LogP contribution in [0.4, 0.5) is 27.7 Å². The van der Waals surface area contributed by atoms with Gasteiger partial charge in [0.2, 0.25) is 11.5 Å². The van der Waals surface area contributed by atoms with Gasteiger partial charge in [-0.05, 0) is 55.0 Å². The van der Waals surface area contributed by atoms with Crippen LogP contribution in [0.15, 0.2) is 52.7 Å². The largest absolute Gasteiger partial charge is 0.323 e. The molecule has 0 saturated carbocycles. The molecule has 0 atom stereocenters. The van der Waals surface area contributed by atoms with Gasteiger partial charge in [0.25, 0.3) is 0 Å². The molecule has 0 spiro atoms. The lowest BCUT2D eigenvalue weighted by Crippen LogP contribution is -2.19. The number of carbonyl (C=O) groups excluding carboxylic acids is 1. The lowest BCUT2D eigenvalue weighted by Gasteiger charge is -2.16. The number of nitrogens with one attached hydrogen (secondary N) is 4. The first-order chi connectivity index (χ1) is 20.2. The number of aryl methyl sites for hydroxylation is 1. The maximum Gasteiger partial charge on any atom is 0.323 e. The molecule has 220 valence electrons. The predicted molar refractivity (Wildman–Crippen MR) is 166 cm³/mol. The van der Waals surface area contributed by atoms with E-state index in [-0.39, 0.29) is 16.6 Å². The number of rotatable bonds is 5. The third-order valence-corrected chi connectivity index (χ3v) is 6.80. The van der Waals surface area contributed by atoms with Gasteiger partial charge in [-0.25, -0.2) is 9.78 Å². The third kappa shape index (κ3) is 6.27. The predicted octanol–water partition coefficient (Wildman–Crippen LogP) is 7.94. The van der Waals surface area contributed by atoms with Crippen molar-refractivity contribution in [3.63, 3.8) is 0 Å². The Morgan fingerprint density at radius 2 is 1.65 bits per heavy atom. The van der Waals surface area contributed by atoms with E-state index in [1.165, 1.54) is 0 Å². The molecule has 5 rings (SSSR count). The molecule has 12 nitrogen and oxygen atoms in total. The Morgan fingerprint density at radius 1 is 0.977 bits per heavy atom. The molecule has 43 heavy (non-hydrogen) atoms. The van der Waals surface area contributed by atoms with Gasteiger partial charge in [0.1, 0.15) is 11.6 Å². The van der Waals surface area contributed by atoms with Crippen molar-refractivity contribution in [2.45, 2.75) is 59.3 Å². The van der Waals surface area contributed by atoms with Gasteiger partial charge in [0, 0.05) is 32.8 Å². The molecule has 0 unspecified atom stereocenters. The molecule has 5 aromatic rings. The number of amides is 2. The maximum atomic E-state index is 12.5. The van der Waals surface area contributed by atoms with Crippen molar-refractivity contribution in [1.82, 2.24) is 30.0 Å². The summed E-state index contributed by atoms with van der Waals surface area (Å²) in [5, 5.41) is 39.8. The Hall–Kier alpha value is -5.02. The van der Waals surface area contributed by atoms with Gasteiger partial charge in [0.15, 0.2) is 11.5 Å². The topological polar surface area (TPSA) is 164 Å². The summed E-state index contributed by atoms with van der Waals surface area (Å²) in [5.74, 6) is 0.671. The highest BCUT2D eigenvalue weighted by molar-refractivity contribution is 6.31. The van der Waals surface area contributed by atoms with Crippen LogP contribution in [-0.2, 0) is 10.8 Å². The number of H-pyrrole nitrogens is 2. The quantitative estimate of drug-likeness (QED) is 0.151. The smallest absolute Gasteiger partial charge is 0.308 e. The zero-order valence-corrected chi connectivity index (χ0v) is 25.7. The number of carbonyl (C=O) groups is 1. The van der Waals surface area contributed by atoms with Crippen LogP contribution in [0.5, 0.6) is 0 Å². The lowest BCUT2D eigenvalue weighted by molar-refractivity contribution is 0.262. The fourth-order valence-corrected chi connectivity index (χ4v) is 4.80. The number of nitrogens with zero attached hydrogens (tertiary/aromatic N) is 7. The molecule has 3 aromatic heterocycles. The van der Waals surface area contributed by atoms with E-state index in [1.807, 2.05) is 72.7 Å². The van der Waals surface area contributed by atoms with Gasteiger partial charge in [-0.2, -0.15) is 15.0 Å². The molecule has 2 amide bonds. The number of azo groups is 1. The van der Waals surface area contributed by atoms with E-state index < -0.39 is 6.03 Å². The van der Waals surface area contributed by atoms with Crippen molar-refractivity contribution >= 4 is 46.2 Å². The van der Waals surface area contributed by atoms with Crippen molar-refractivity contribution in [3.8, 4) is 17.5 Å². The minimum Gasteiger partial charge on any atom is -0.308 e. The van der Waals surface area contributed by atoms with Crippen molar-refractivity contribution in [2.24, 2.45) is 10.2 Å². The fourth-order valence-electron chi connectivity index (χ4n) is 4.51. The summed E-state index contributed by atoms with van der Waals surface area (Å²) in [7, 11) is 0. The Balaban J connectivity index is 1.41. The summed E-state index contributed by atoms with van der Waals surface area (Å²) in [6, 6.07) is 14.3. The standard InChI is InChI=1S/C30H32ClN11O/c1-16-12-18(31)14-20(13-16)34-28(43)33-19-10-8-17(9-11-19)25-35-27-22(24(30(5,6)7)40-42(27)41-25)36-38-26-21(15-32)23(37-39-26)29(2,3)4/h8-14,40H,1-7H3,(H,37,39)(H2,33,34,43). The maximum absolute atomic E-state index is 12.5. The minimum absolute atomic E-state index is 0.212. The second kappa shape index (κ2) is 11.0. The van der Waals surface area contributed by atoms with Crippen LogP contribution in [0, 0.1) is 18.3 Å². The normalized spacial score (nSPS) is 12.2. The number of aromatic amines is 2. The lowest BCUT2D eigenvalue weighted by atomic mass is 9.90. The zero-order valence-electron chi connectivity index (χ0n) is 25.0. The van der Waals surface area contributed by atoms with E-state index in [9.17, 15) is 10.1 Å². The van der Waals surface area contributed by atoms with Gasteiger partial charge >= 0.3 is 6.03 Å². The fraction of sp³-hybridized carbons (Fsp3) is 0.300. The van der Waals surface area contributed by atoms with E-state index >= 15 is 0 Å². The number of benzene rings is 2. The van der Waals surface area contributed by atoms with Gasteiger partial charge in [-0.1, -0.05) is 53.1 Å². The summed E-state index contributed by atoms with van der Waals surface area (Å²) in [4.78, 5) is 17.2. The minimum atomic E-state index is -0.390. The van der Waals surface area contributed by atoms with Crippen LogP contribution in [0.25, 0.3) is 17.0 Å². The number of hydrogen-bond acceptors (Lipinski definition) is 7. The van der Waals surface area contributed by atoms with E-state index in [1.54, 1.807) is 22.8 Å². The Kier molecular flexibility index (Phi) is 7.54. The van der Waals surface area contributed by atoms with Gasteiger partial charge in [-0.3, -0.25) is 10.2 Å². The van der Waals surface area contributed by atoms with Gasteiger partial charge in [0.05, 0.1) is 11.4 Å². The molecule has 0 saturated heterocycles. The monoisotopic (exact) mass is 597 g/mol. The number of fused-ring (bicyclic) bond motifs is 1. The number of anilines is 2. The molecule has 3 heterocycles. The second-order valence-electron chi connectivity index (χ2n) is 12.3. The molecule has 0 fully saturated rings. The summed E-state index contributed by atoms with van der Waals surface area (Å²) in [6.45, 7) is 14.0. The summed E-state index contributed by atoms with van der Waals surface area (Å²) >= 11 is 6.09. The molecule has 0 aliphatic carbocycles. The molecular weight excluding hydrogens is 566 g/mol. The van der Waals surface area contributed by atoms with Crippen LogP contribution >= 0.6 is 11.6 Å². The molecule has 0 aliphatic rings. The number of halogens is 1. The molecule has 2 aromatic carbocycles. The van der Waals surface area contributed by atoms with Crippen LogP contribution in [0.2, 0.25) is 5.02 Å². The van der Waals surface area contributed by atoms with E-state index in [2.05, 4.69) is 47.3 Å². The SMILES string of the molecule is Cc1cc(Cl)cc(NC(=O)Nc2ccc(-c3nc4c(N=Nc5n[nH]c(C(C)(C)C)c5C#N)c(C(C)(C)C)[nH]n4n3)cc2)c1. The summed E-state index contributed by atoms with van der Waals surface area (Å²) in [5.41, 5.74) is 5.05.